The fraction of sp³-hybridized carbons (Fsp3) is 0.211. The summed E-state index contributed by atoms with van der Waals surface area (Å²) in [5.41, 5.74) is 1.87. The number of hydrogen-bond acceptors (Lipinski definition) is 4. The highest BCUT2D eigenvalue weighted by atomic mass is 16.7. The maximum atomic E-state index is 11.9. The zero-order chi connectivity index (χ0) is 16.8. The third-order valence-corrected chi connectivity index (χ3v) is 3.50. The van der Waals surface area contributed by atoms with Gasteiger partial charge in [-0.05, 0) is 48.4 Å². The van der Waals surface area contributed by atoms with Gasteiger partial charge in [0.25, 0.3) is 0 Å². The lowest BCUT2D eigenvalue weighted by atomic mass is 10.2. The Hall–Kier alpha value is -2.95. The summed E-state index contributed by atoms with van der Waals surface area (Å²) in [5, 5.41) is 2.85. The summed E-state index contributed by atoms with van der Waals surface area (Å²) in [4.78, 5) is 11.9. The number of nitrogens with one attached hydrogen (secondary N) is 1. The number of amides is 1. The van der Waals surface area contributed by atoms with E-state index < -0.39 is 0 Å². The highest BCUT2D eigenvalue weighted by Gasteiger charge is 2.12. The lowest BCUT2D eigenvalue weighted by molar-refractivity contribution is -0.116. The molecule has 0 atom stereocenters. The van der Waals surface area contributed by atoms with Crippen LogP contribution in [0.3, 0.4) is 0 Å². The molecule has 1 N–H and O–H groups in total. The monoisotopic (exact) mass is 325 g/mol. The molecule has 0 unspecified atom stereocenters. The zero-order valence-electron chi connectivity index (χ0n) is 13.5. The molecule has 3 rings (SSSR count). The number of rotatable bonds is 6. The van der Waals surface area contributed by atoms with E-state index in [1.165, 1.54) is 6.08 Å². The molecule has 1 aliphatic heterocycles. The first kappa shape index (κ1) is 15.9. The molecule has 1 amide bonds. The summed E-state index contributed by atoms with van der Waals surface area (Å²) in [6.45, 7) is 3.25. The van der Waals surface area contributed by atoms with Crippen molar-refractivity contribution in [2.75, 3.05) is 13.4 Å². The van der Waals surface area contributed by atoms with Crippen molar-refractivity contribution >= 4 is 12.0 Å². The minimum absolute atomic E-state index is 0.158. The maximum Gasteiger partial charge on any atom is 0.244 e. The second-order valence-electron chi connectivity index (χ2n) is 5.24. The lowest BCUT2D eigenvalue weighted by Gasteiger charge is -2.06. The smallest absolute Gasteiger partial charge is 0.244 e. The summed E-state index contributed by atoms with van der Waals surface area (Å²) in [5.74, 6) is 2.07. The molecule has 0 aromatic heterocycles. The van der Waals surface area contributed by atoms with Gasteiger partial charge in [-0.15, -0.1) is 0 Å². The second-order valence-corrected chi connectivity index (χ2v) is 5.24. The standard InChI is InChI=1S/C19H19NO4/c1-2-22-16-5-3-4-15(10-16)12-20-19(21)9-7-14-6-8-17-18(11-14)24-13-23-17/h3-11H,2,12-13H2,1H3,(H,20,21)/b9-7+. The molecule has 0 saturated carbocycles. The predicted molar refractivity (Wildman–Crippen MR) is 91.1 cm³/mol. The van der Waals surface area contributed by atoms with E-state index >= 15 is 0 Å². The lowest BCUT2D eigenvalue weighted by Crippen LogP contribution is -2.20. The van der Waals surface area contributed by atoms with Crippen molar-refractivity contribution in [2.45, 2.75) is 13.5 Å². The van der Waals surface area contributed by atoms with Gasteiger partial charge in [0.2, 0.25) is 12.7 Å². The molecule has 5 heteroatoms. The predicted octanol–water partition coefficient (Wildman–Crippen LogP) is 3.14. The van der Waals surface area contributed by atoms with Crippen LogP contribution in [-0.2, 0) is 11.3 Å². The van der Waals surface area contributed by atoms with Gasteiger partial charge >= 0.3 is 0 Å². The van der Waals surface area contributed by atoms with Crippen LogP contribution in [0.4, 0.5) is 0 Å². The Morgan fingerprint density at radius 3 is 2.96 bits per heavy atom. The number of carbonyl (C=O) groups is 1. The first-order chi connectivity index (χ1) is 11.7. The SMILES string of the molecule is CCOc1cccc(CNC(=O)/C=C/c2ccc3c(c2)OCO3)c1. The van der Waals surface area contributed by atoms with E-state index in [0.29, 0.717) is 18.9 Å². The van der Waals surface area contributed by atoms with Crippen molar-refractivity contribution in [3.63, 3.8) is 0 Å². The van der Waals surface area contributed by atoms with Crippen LogP contribution in [0.1, 0.15) is 18.1 Å². The summed E-state index contributed by atoms with van der Waals surface area (Å²) in [6.07, 6.45) is 3.25. The first-order valence-corrected chi connectivity index (χ1v) is 7.82. The van der Waals surface area contributed by atoms with Crippen molar-refractivity contribution in [3.05, 3.63) is 59.7 Å². The number of carbonyl (C=O) groups excluding carboxylic acids is 1. The average molecular weight is 325 g/mol. The van der Waals surface area contributed by atoms with Crippen LogP contribution in [0.5, 0.6) is 17.2 Å². The Balaban J connectivity index is 1.54. The molecule has 0 radical (unpaired) electrons. The Morgan fingerprint density at radius 2 is 2.08 bits per heavy atom. The molecule has 2 aromatic rings. The van der Waals surface area contributed by atoms with E-state index in [-0.39, 0.29) is 12.7 Å². The van der Waals surface area contributed by atoms with E-state index in [9.17, 15) is 4.79 Å². The van der Waals surface area contributed by atoms with E-state index in [1.54, 1.807) is 6.08 Å². The van der Waals surface area contributed by atoms with Crippen molar-refractivity contribution < 1.29 is 19.0 Å². The van der Waals surface area contributed by atoms with E-state index in [0.717, 1.165) is 22.6 Å². The van der Waals surface area contributed by atoms with Gasteiger partial charge < -0.3 is 19.5 Å². The van der Waals surface area contributed by atoms with Crippen LogP contribution in [0.15, 0.2) is 48.5 Å². The van der Waals surface area contributed by atoms with Gasteiger partial charge in [0.05, 0.1) is 6.61 Å². The summed E-state index contributed by atoms with van der Waals surface area (Å²) < 4.78 is 16.0. The number of benzene rings is 2. The summed E-state index contributed by atoms with van der Waals surface area (Å²) in [7, 11) is 0. The number of fused-ring (bicyclic) bond motifs is 1. The minimum atomic E-state index is -0.158. The number of ether oxygens (including phenoxy) is 3. The first-order valence-electron chi connectivity index (χ1n) is 7.82. The van der Waals surface area contributed by atoms with Gasteiger partial charge in [-0.25, -0.2) is 0 Å². The average Bonchev–Trinajstić information content (AvgIpc) is 3.06. The molecule has 2 aromatic carbocycles. The molecule has 0 bridgehead atoms. The van der Waals surface area contributed by atoms with Crippen LogP contribution in [0.25, 0.3) is 6.08 Å². The Kier molecular flexibility index (Phi) is 5.01. The molecule has 124 valence electrons. The fourth-order valence-electron chi connectivity index (χ4n) is 2.35. The highest BCUT2D eigenvalue weighted by molar-refractivity contribution is 5.91. The topological polar surface area (TPSA) is 56.8 Å². The van der Waals surface area contributed by atoms with Crippen molar-refractivity contribution in [2.24, 2.45) is 0 Å². The Morgan fingerprint density at radius 1 is 1.21 bits per heavy atom. The van der Waals surface area contributed by atoms with Crippen molar-refractivity contribution in [1.29, 1.82) is 0 Å². The molecule has 24 heavy (non-hydrogen) atoms. The maximum absolute atomic E-state index is 11.9. The quantitative estimate of drug-likeness (QED) is 0.829. The van der Waals surface area contributed by atoms with E-state index in [4.69, 9.17) is 14.2 Å². The van der Waals surface area contributed by atoms with Gasteiger partial charge in [0.15, 0.2) is 11.5 Å². The van der Waals surface area contributed by atoms with Crippen LogP contribution in [0.2, 0.25) is 0 Å². The largest absolute Gasteiger partial charge is 0.494 e. The normalized spacial score (nSPS) is 12.4. The summed E-state index contributed by atoms with van der Waals surface area (Å²) >= 11 is 0. The molecule has 1 aliphatic rings. The van der Waals surface area contributed by atoms with E-state index in [1.807, 2.05) is 49.4 Å². The zero-order valence-corrected chi connectivity index (χ0v) is 13.5. The van der Waals surface area contributed by atoms with Gasteiger partial charge in [-0.1, -0.05) is 18.2 Å². The molecule has 0 spiro atoms. The van der Waals surface area contributed by atoms with E-state index in [2.05, 4.69) is 5.32 Å². The van der Waals surface area contributed by atoms with Gasteiger partial charge in [0, 0.05) is 12.6 Å². The molecule has 1 heterocycles. The molecule has 5 nitrogen and oxygen atoms in total. The Labute approximate surface area is 140 Å². The molecular weight excluding hydrogens is 306 g/mol. The molecule has 0 saturated heterocycles. The number of hydrogen-bond donors (Lipinski definition) is 1. The van der Waals surface area contributed by atoms with Gasteiger partial charge in [-0.3, -0.25) is 4.79 Å². The highest BCUT2D eigenvalue weighted by Crippen LogP contribution is 2.32. The van der Waals surface area contributed by atoms with Crippen LogP contribution >= 0.6 is 0 Å². The third kappa shape index (κ3) is 4.07. The van der Waals surface area contributed by atoms with Gasteiger partial charge in [0.1, 0.15) is 5.75 Å². The molecule has 0 aliphatic carbocycles. The van der Waals surface area contributed by atoms with Crippen LogP contribution in [-0.4, -0.2) is 19.3 Å². The minimum Gasteiger partial charge on any atom is -0.494 e. The second kappa shape index (κ2) is 7.55. The van der Waals surface area contributed by atoms with Gasteiger partial charge in [-0.2, -0.15) is 0 Å². The van der Waals surface area contributed by atoms with Crippen LogP contribution in [0, 0.1) is 0 Å². The van der Waals surface area contributed by atoms with Crippen molar-refractivity contribution in [1.82, 2.24) is 5.32 Å². The van der Waals surface area contributed by atoms with Crippen molar-refractivity contribution in [3.8, 4) is 17.2 Å². The Bertz CT molecular complexity index is 755. The molecule has 0 fully saturated rings. The van der Waals surface area contributed by atoms with Crippen LogP contribution < -0.4 is 19.5 Å². The third-order valence-electron chi connectivity index (χ3n) is 3.50. The summed E-state index contributed by atoms with van der Waals surface area (Å²) in [6, 6.07) is 13.2. The fourth-order valence-corrected chi connectivity index (χ4v) is 2.35. The molecular formula is C19H19NO4.